The number of rotatable bonds is 6. The minimum atomic E-state index is -1.96. The van der Waals surface area contributed by atoms with E-state index < -0.39 is 8.32 Å². The Morgan fingerprint density at radius 3 is 2.38 bits per heavy atom. The van der Waals surface area contributed by atoms with Gasteiger partial charge in [-0.1, -0.05) is 62.8 Å². The van der Waals surface area contributed by atoms with Gasteiger partial charge in [0.25, 0.3) is 0 Å². The van der Waals surface area contributed by atoms with Crippen molar-refractivity contribution in [2.24, 2.45) is 5.11 Å². The van der Waals surface area contributed by atoms with Crippen LogP contribution < -0.4 is 0 Å². The molecule has 0 bridgehead atoms. The average molecular weight is 303 g/mol. The van der Waals surface area contributed by atoms with Crippen molar-refractivity contribution < 1.29 is 4.43 Å². The Morgan fingerprint density at radius 2 is 1.90 bits per heavy atom. The van der Waals surface area contributed by atoms with Crippen LogP contribution >= 0.6 is 0 Å². The maximum absolute atomic E-state index is 8.66. The fourth-order valence-corrected chi connectivity index (χ4v) is 2.99. The van der Waals surface area contributed by atoms with Crippen LogP contribution in [0.5, 0.6) is 0 Å². The Bertz CT molecular complexity index is 528. The fourth-order valence-electron chi connectivity index (χ4n) is 1.71. The summed E-state index contributed by atoms with van der Waals surface area (Å²) in [6.07, 6.45) is 0.398. The van der Waals surface area contributed by atoms with Gasteiger partial charge in [-0.2, -0.15) is 0 Å². The van der Waals surface area contributed by atoms with Crippen LogP contribution in [0.4, 0.5) is 0 Å². The van der Waals surface area contributed by atoms with Crippen molar-refractivity contribution in [2.45, 2.75) is 51.4 Å². The molecular formula is C16H25N3OSi. The molecule has 21 heavy (non-hydrogen) atoms. The molecule has 0 amide bonds. The molecule has 0 aromatic heterocycles. The van der Waals surface area contributed by atoms with E-state index >= 15 is 0 Å². The van der Waals surface area contributed by atoms with Gasteiger partial charge in [0.05, 0.1) is 6.10 Å². The smallest absolute Gasteiger partial charge is 0.192 e. The monoisotopic (exact) mass is 303 g/mol. The van der Waals surface area contributed by atoms with E-state index in [0.717, 1.165) is 5.56 Å². The first-order chi connectivity index (χ1) is 9.67. The van der Waals surface area contributed by atoms with Crippen LogP contribution in [0.15, 0.2) is 47.7 Å². The Kier molecular flexibility index (Phi) is 5.78. The molecule has 0 aliphatic heterocycles. The van der Waals surface area contributed by atoms with E-state index in [1.165, 1.54) is 0 Å². The molecule has 0 spiro atoms. The summed E-state index contributed by atoms with van der Waals surface area (Å²) in [6, 6.07) is 10.1. The number of hydrogen-bond donors (Lipinski definition) is 0. The second-order valence-electron chi connectivity index (χ2n) is 6.74. The highest BCUT2D eigenvalue weighted by Gasteiger charge is 2.39. The minimum absolute atomic E-state index is 0.0958. The maximum Gasteiger partial charge on any atom is 0.192 e. The summed E-state index contributed by atoms with van der Waals surface area (Å²) in [5, 5.41) is 3.77. The summed E-state index contributed by atoms with van der Waals surface area (Å²) >= 11 is 0. The summed E-state index contributed by atoms with van der Waals surface area (Å²) in [6.45, 7) is 14.8. The molecule has 1 aromatic rings. The van der Waals surface area contributed by atoms with Crippen molar-refractivity contribution in [3.8, 4) is 0 Å². The molecular weight excluding hydrogens is 278 g/mol. The van der Waals surface area contributed by atoms with E-state index in [1.54, 1.807) is 0 Å². The second-order valence-corrected chi connectivity index (χ2v) is 11.5. The molecule has 5 heteroatoms. The van der Waals surface area contributed by atoms with E-state index in [2.05, 4.69) is 50.5 Å². The van der Waals surface area contributed by atoms with Crippen LogP contribution in [0, 0.1) is 0 Å². The number of benzene rings is 1. The third-order valence-corrected chi connectivity index (χ3v) is 8.54. The SMILES string of the molecule is C=C(N=[N+]=[N-])C(Cc1ccccc1)O[Si](C)(C)C(C)(C)C. The molecule has 0 saturated carbocycles. The van der Waals surface area contributed by atoms with Crippen molar-refractivity contribution in [3.05, 3.63) is 58.6 Å². The number of nitrogens with zero attached hydrogens (tertiary/aromatic N) is 3. The van der Waals surface area contributed by atoms with Gasteiger partial charge in [0, 0.05) is 17.0 Å². The van der Waals surface area contributed by atoms with Crippen molar-refractivity contribution in [1.29, 1.82) is 0 Å². The zero-order valence-electron chi connectivity index (χ0n) is 13.6. The van der Waals surface area contributed by atoms with Crippen LogP contribution in [0.2, 0.25) is 18.1 Å². The van der Waals surface area contributed by atoms with Gasteiger partial charge in [0.2, 0.25) is 0 Å². The third kappa shape index (κ3) is 5.05. The minimum Gasteiger partial charge on any atom is -0.410 e. The zero-order chi connectivity index (χ0) is 16.1. The van der Waals surface area contributed by atoms with Gasteiger partial charge in [-0.15, -0.1) is 0 Å². The van der Waals surface area contributed by atoms with Gasteiger partial charge >= 0.3 is 0 Å². The highest BCUT2D eigenvalue weighted by molar-refractivity contribution is 6.74. The lowest BCUT2D eigenvalue weighted by Gasteiger charge is -2.39. The Morgan fingerprint density at radius 1 is 1.33 bits per heavy atom. The molecule has 0 aliphatic rings. The molecule has 1 unspecified atom stereocenters. The molecule has 1 rings (SSSR count). The van der Waals surface area contributed by atoms with Crippen LogP contribution in [0.25, 0.3) is 10.4 Å². The first kappa shape index (κ1) is 17.5. The quantitative estimate of drug-likeness (QED) is 0.298. The summed E-state index contributed by atoms with van der Waals surface area (Å²) in [7, 11) is -1.96. The molecule has 4 nitrogen and oxygen atoms in total. The zero-order valence-corrected chi connectivity index (χ0v) is 14.6. The molecule has 0 N–H and O–H groups in total. The fraction of sp³-hybridized carbons (Fsp3) is 0.500. The number of azide groups is 1. The highest BCUT2D eigenvalue weighted by atomic mass is 28.4. The molecule has 0 fully saturated rings. The predicted molar refractivity (Wildman–Crippen MR) is 90.5 cm³/mol. The predicted octanol–water partition coefficient (Wildman–Crippen LogP) is 5.44. The lowest BCUT2D eigenvalue weighted by atomic mass is 10.1. The molecule has 1 atom stereocenters. The first-order valence-electron chi connectivity index (χ1n) is 7.13. The molecule has 0 heterocycles. The van der Waals surface area contributed by atoms with Gasteiger partial charge in [0.1, 0.15) is 0 Å². The second kappa shape index (κ2) is 6.94. The topological polar surface area (TPSA) is 58.0 Å². The van der Waals surface area contributed by atoms with Crippen molar-refractivity contribution in [1.82, 2.24) is 0 Å². The van der Waals surface area contributed by atoms with Crippen LogP contribution in [-0.2, 0) is 10.8 Å². The largest absolute Gasteiger partial charge is 0.410 e. The summed E-state index contributed by atoms with van der Waals surface area (Å²) in [5.41, 5.74) is 10.3. The number of hydrogen-bond acceptors (Lipinski definition) is 2. The molecule has 0 radical (unpaired) electrons. The van der Waals surface area contributed by atoms with Gasteiger partial charge in [-0.25, -0.2) is 0 Å². The van der Waals surface area contributed by atoms with Crippen molar-refractivity contribution in [3.63, 3.8) is 0 Å². The maximum atomic E-state index is 8.66. The van der Waals surface area contributed by atoms with Crippen LogP contribution in [0.3, 0.4) is 0 Å². The van der Waals surface area contributed by atoms with Crippen molar-refractivity contribution >= 4 is 8.32 Å². The summed E-state index contributed by atoms with van der Waals surface area (Å²) in [5.74, 6) is 0. The molecule has 114 valence electrons. The van der Waals surface area contributed by atoms with E-state index in [0.29, 0.717) is 12.1 Å². The Hall–Kier alpha value is -1.55. The lowest BCUT2D eigenvalue weighted by molar-refractivity contribution is 0.213. The highest BCUT2D eigenvalue weighted by Crippen LogP contribution is 2.38. The summed E-state index contributed by atoms with van der Waals surface area (Å²) < 4.78 is 6.40. The van der Waals surface area contributed by atoms with Crippen LogP contribution in [-0.4, -0.2) is 14.4 Å². The molecule has 1 aromatic carbocycles. The average Bonchev–Trinajstić information content (AvgIpc) is 2.38. The normalized spacial score (nSPS) is 13.4. The molecule has 0 saturated heterocycles. The summed E-state index contributed by atoms with van der Waals surface area (Å²) in [4.78, 5) is 2.85. The van der Waals surface area contributed by atoms with E-state index in [9.17, 15) is 0 Å². The lowest BCUT2D eigenvalue weighted by Crippen LogP contribution is -2.44. The Balaban J connectivity index is 2.98. The van der Waals surface area contributed by atoms with Gasteiger partial charge < -0.3 is 4.43 Å². The van der Waals surface area contributed by atoms with E-state index in [-0.39, 0.29) is 11.1 Å². The standard InChI is InChI=1S/C16H25N3OSi/c1-13(18-19-17)15(12-14-10-8-7-9-11-14)20-21(5,6)16(2,3)4/h7-11,15H,1,12H2,2-6H3. The molecule has 0 aliphatic carbocycles. The van der Waals surface area contributed by atoms with Crippen molar-refractivity contribution in [2.75, 3.05) is 0 Å². The van der Waals surface area contributed by atoms with Gasteiger partial charge in [-0.3, -0.25) is 0 Å². The van der Waals surface area contributed by atoms with Crippen LogP contribution in [0.1, 0.15) is 26.3 Å². The van der Waals surface area contributed by atoms with Gasteiger partial charge in [-0.05, 0) is 29.2 Å². The van der Waals surface area contributed by atoms with E-state index in [4.69, 9.17) is 9.96 Å². The van der Waals surface area contributed by atoms with Gasteiger partial charge in [0.15, 0.2) is 8.32 Å². The first-order valence-corrected chi connectivity index (χ1v) is 10.0. The Labute approximate surface area is 128 Å². The van der Waals surface area contributed by atoms with E-state index in [1.807, 2.05) is 30.3 Å². The third-order valence-electron chi connectivity index (χ3n) is 4.05.